The van der Waals surface area contributed by atoms with Crippen LogP contribution in [0.4, 0.5) is 0 Å². The van der Waals surface area contributed by atoms with Crippen LogP contribution in [0.5, 0.6) is 0 Å². The third-order valence-corrected chi connectivity index (χ3v) is 1.40. The van der Waals surface area contributed by atoms with Crippen LogP contribution in [0.2, 0.25) is 0 Å². The minimum atomic E-state index is 1.05. The van der Waals surface area contributed by atoms with Crippen molar-refractivity contribution < 1.29 is 0 Å². The summed E-state index contributed by atoms with van der Waals surface area (Å²) in [5, 5.41) is 0. The summed E-state index contributed by atoms with van der Waals surface area (Å²) in [6.07, 6.45) is 7.13. The van der Waals surface area contributed by atoms with Gasteiger partial charge in [-0.2, -0.15) is 0 Å². The highest BCUT2D eigenvalue weighted by atomic mass is 14.6. The molecule has 2 nitrogen and oxygen atoms in total. The molecule has 0 unspecified atom stereocenters. The van der Waals surface area contributed by atoms with E-state index in [9.17, 15) is 0 Å². The van der Waals surface area contributed by atoms with Gasteiger partial charge in [-0.15, -0.1) is 0 Å². The Morgan fingerprint density at radius 1 is 0.833 bits per heavy atom. The fraction of sp³-hybridized carbons (Fsp3) is 0.200. The zero-order valence-corrected chi connectivity index (χ0v) is 7.36. The average molecular weight is 160 g/mol. The minimum absolute atomic E-state index is 1.05. The Morgan fingerprint density at radius 2 is 1.33 bits per heavy atom. The molecule has 0 saturated heterocycles. The Balaban J connectivity index is 3.18. The first-order valence-corrected chi connectivity index (χ1v) is 3.85. The van der Waals surface area contributed by atoms with Crippen LogP contribution in [-0.4, -0.2) is 9.97 Å². The maximum Gasteiger partial charge on any atom is 0.0312 e. The zero-order valence-electron chi connectivity index (χ0n) is 7.36. The number of aryl methyl sites for hydroxylation is 2. The van der Waals surface area contributed by atoms with E-state index in [0.29, 0.717) is 0 Å². The second-order valence-electron chi connectivity index (χ2n) is 2.68. The molecule has 12 heavy (non-hydrogen) atoms. The molecule has 0 saturated carbocycles. The van der Waals surface area contributed by atoms with E-state index in [4.69, 9.17) is 0 Å². The molecular formula is C10H12N2. The lowest BCUT2D eigenvalue weighted by atomic mass is 10.3. The van der Waals surface area contributed by atoms with Gasteiger partial charge in [0.2, 0.25) is 0 Å². The summed E-state index contributed by atoms with van der Waals surface area (Å²) in [5.41, 5.74) is 2.19. The summed E-state index contributed by atoms with van der Waals surface area (Å²) in [7, 11) is 0. The summed E-state index contributed by atoms with van der Waals surface area (Å²) in [4.78, 5) is 8.15. The Bertz CT molecular complexity index is 247. The largest absolute Gasteiger partial charge is 0.264 e. The molecule has 2 heteroatoms. The van der Waals surface area contributed by atoms with Crippen LogP contribution in [0.3, 0.4) is 0 Å². The van der Waals surface area contributed by atoms with E-state index < -0.39 is 0 Å². The summed E-state index contributed by atoms with van der Waals surface area (Å²) in [6.45, 7) is 3.98. The van der Waals surface area contributed by atoms with Crippen LogP contribution in [0.1, 0.15) is 11.1 Å². The molecule has 0 aliphatic heterocycles. The average Bonchev–Trinajstić information content (AvgIpc) is 2.06. The van der Waals surface area contributed by atoms with Gasteiger partial charge in [0.25, 0.3) is 0 Å². The second-order valence-corrected chi connectivity index (χ2v) is 2.68. The van der Waals surface area contributed by atoms with Gasteiger partial charge in [-0.1, -0.05) is 0 Å². The van der Waals surface area contributed by atoms with Crippen LogP contribution in [0, 0.1) is 13.8 Å². The lowest BCUT2D eigenvalue weighted by molar-refractivity contribution is 1.23. The van der Waals surface area contributed by atoms with Gasteiger partial charge in [0, 0.05) is 24.8 Å². The first-order valence-electron chi connectivity index (χ1n) is 3.85. The SMILES string of the molecule is Cc1ccncc(C)cncc1. The van der Waals surface area contributed by atoms with Crippen LogP contribution in [-0.2, 0) is 0 Å². The Hall–Kier alpha value is -1.44. The molecule has 1 heterocycles. The lowest BCUT2D eigenvalue weighted by Gasteiger charge is -1.83. The first-order chi connectivity index (χ1) is 5.79. The third-order valence-electron chi connectivity index (χ3n) is 1.40. The molecule has 0 radical (unpaired) electrons. The van der Waals surface area contributed by atoms with Crippen molar-refractivity contribution in [3.05, 3.63) is 48.0 Å². The van der Waals surface area contributed by atoms with Gasteiger partial charge in [0.05, 0.1) is 0 Å². The Morgan fingerprint density at radius 3 is 1.83 bits per heavy atom. The Kier molecular flexibility index (Phi) is 3.20. The number of nitrogens with zero attached hydrogens (tertiary/aromatic N) is 2. The molecule has 0 amide bonds. The van der Waals surface area contributed by atoms with Crippen LogP contribution in [0.25, 0.3) is 0 Å². The molecule has 0 fully saturated rings. The van der Waals surface area contributed by atoms with E-state index in [1.165, 1.54) is 0 Å². The molecule has 62 valence electrons. The van der Waals surface area contributed by atoms with Crippen molar-refractivity contribution in [3.63, 3.8) is 0 Å². The molecule has 0 bridgehead atoms. The maximum atomic E-state index is 4.08. The highest BCUT2D eigenvalue weighted by molar-refractivity contribution is 5.05. The maximum absolute atomic E-state index is 4.08. The van der Waals surface area contributed by atoms with E-state index in [2.05, 4.69) is 9.97 Å². The zero-order chi connectivity index (χ0) is 8.81. The number of rotatable bonds is 0. The van der Waals surface area contributed by atoms with E-state index in [0.717, 1.165) is 11.1 Å². The highest BCUT2D eigenvalue weighted by Crippen LogP contribution is 1.89. The molecular weight excluding hydrogens is 148 g/mol. The number of hydrogen-bond donors (Lipinski definition) is 0. The van der Waals surface area contributed by atoms with Crippen LogP contribution >= 0.6 is 0 Å². The van der Waals surface area contributed by atoms with E-state index in [1.807, 2.05) is 26.0 Å². The standard InChI is InChI=1S/C10H12N2/c1-9-3-5-11-7-10(2)8-12-6-4-9/h3-8H,1-2H3. The smallest absolute Gasteiger partial charge is 0.0312 e. The summed E-state index contributed by atoms with van der Waals surface area (Å²) in [5.74, 6) is 0. The third kappa shape index (κ3) is 3.10. The van der Waals surface area contributed by atoms with Crippen molar-refractivity contribution in [2.24, 2.45) is 0 Å². The van der Waals surface area contributed by atoms with Crippen molar-refractivity contribution in [1.82, 2.24) is 9.97 Å². The van der Waals surface area contributed by atoms with Gasteiger partial charge in [0.15, 0.2) is 0 Å². The Labute approximate surface area is 72.6 Å². The molecule has 0 aliphatic rings. The summed E-state index contributed by atoms with van der Waals surface area (Å²) < 4.78 is 0. The molecule has 1 rings (SSSR count). The van der Waals surface area contributed by atoms with E-state index >= 15 is 0 Å². The normalized spacial score (nSPS) is 8.83. The van der Waals surface area contributed by atoms with Crippen molar-refractivity contribution >= 4 is 0 Å². The molecule has 0 aromatic carbocycles. The lowest BCUT2D eigenvalue weighted by Crippen LogP contribution is -1.72. The van der Waals surface area contributed by atoms with Gasteiger partial charge in [-0.05, 0) is 37.1 Å². The van der Waals surface area contributed by atoms with Crippen LogP contribution in [0.15, 0.2) is 36.9 Å². The molecule has 0 spiro atoms. The topological polar surface area (TPSA) is 25.8 Å². The second kappa shape index (κ2) is 4.44. The van der Waals surface area contributed by atoms with Crippen molar-refractivity contribution in [3.8, 4) is 0 Å². The first kappa shape index (κ1) is 8.65. The van der Waals surface area contributed by atoms with Gasteiger partial charge in [0.1, 0.15) is 0 Å². The van der Waals surface area contributed by atoms with E-state index in [1.54, 1.807) is 24.8 Å². The molecule has 0 aliphatic carbocycles. The van der Waals surface area contributed by atoms with Crippen molar-refractivity contribution in [1.29, 1.82) is 0 Å². The molecule has 1 aromatic heterocycles. The molecule has 0 N–H and O–H groups in total. The number of aromatic nitrogens is 2. The number of hydrogen-bond acceptors (Lipinski definition) is 2. The minimum Gasteiger partial charge on any atom is -0.264 e. The van der Waals surface area contributed by atoms with E-state index in [-0.39, 0.29) is 0 Å². The van der Waals surface area contributed by atoms with Crippen molar-refractivity contribution in [2.45, 2.75) is 13.8 Å². The quantitative estimate of drug-likeness (QED) is 0.581. The monoisotopic (exact) mass is 160 g/mol. The van der Waals surface area contributed by atoms with Gasteiger partial charge in [-0.3, -0.25) is 9.97 Å². The summed E-state index contributed by atoms with van der Waals surface area (Å²) >= 11 is 0. The summed E-state index contributed by atoms with van der Waals surface area (Å²) in [6, 6.07) is 3.89. The van der Waals surface area contributed by atoms with Crippen LogP contribution < -0.4 is 0 Å². The van der Waals surface area contributed by atoms with Crippen molar-refractivity contribution in [2.75, 3.05) is 0 Å². The molecule has 0 atom stereocenters. The molecule has 1 aromatic rings. The van der Waals surface area contributed by atoms with Gasteiger partial charge < -0.3 is 0 Å². The van der Waals surface area contributed by atoms with Gasteiger partial charge in [-0.25, -0.2) is 0 Å². The fourth-order valence-corrected chi connectivity index (χ4v) is 0.731. The highest BCUT2D eigenvalue weighted by Gasteiger charge is 1.75. The predicted molar refractivity (Wildman–Crippen MR) is 49.1 cm³/mol. The fourth-order valence-electron chi connectivity index (χ4n) is 0.731. The van der Waals surface area contributed by atoms with Gasteiger partial charge >= 0.3 is 0 Å². The predicted octanol–water partition coefficient (Wildman–Crippen LogP) is 2.22.